The van der Waals surface area contributed by atoms with E-state index in [1.807, 2.05) is 13.2 Å². The molecule has 0 aliphatic carbocycles. The predicted molar refractivity (Wildman–Crippen MR) is 76.0 cm³/mol. The molecule has 0 aromatic heterocycles. The third kappa shape index (κ3) is 3.30. The van der Waals surface area contributed by atoms with E-state index in [-0.39, 0.29) is 17.7 Å². The summed E-state index contributed by atoms with van der Waals surface area (Å²) in [5, 5.41) is 3.57. The summed E-state index contributed by atoms with van der Waals surface area (Å²) in [4.78, 5) is 14.1. The van der Waals surface area contributed by atoms with Crippen LogP contribution in [-0.2, 0) is 4.79 Å². The standard InChI is InChI=1S/C12H22N2OS.ClH/c1-10(16-2)11(15)14-7-4-12(5-8-14)3-6-13-9-12;/h10,13H,3-9H2,1-2H3;1H. The number of likely N-dealkylation sites (tertiary alicyclic amines) is 1. The molecule has 0 radical (unpaired) electrons. The number of rotatable bonds is 2. The molecular formula is C12H23ClN2OS. The fraction of sp³-hybridized carbons (Fsp3) is 0.917. The maximum atomic E-state index is 12.0. The van der Waals surface area contributed by atoms with Gasteiger partial charge < -0.3 is 10.2 Å². The SMILES string of the molecule is CSC(C)C(=O)N1CCC2(CCNC2)CC1.Cl. The lowest BCUT2D eigenvalue weighted by Crippen LogP contribution is -2.46. The number of nitrogens with one attached hydrogen (secondary N) is 1. The summed E-state index contributed by atoms with van der Waals surface area (Å²) >= 11 is 1.65. The quantitative estimate of drug-likeness (QED) is 0.835. The molecule has 3 nitrogen and oxygen atoms in total. The maximum absolute atomic E-state index is 12.0. The average molecular weight is 279 g/mol. The fourth-order valence-corrected chi connectivity index (χ4v) is 3.13. The molecule has 2 heterocycles. The van der Waals surface area contributed by atoms with Crippen molar-refractivity contribution < 1.29 is 4.79 Å². The second kappa shape index (κ2) is 6.30. The summed E-state index contributed by atoms with van der Waals surface area (Å²) in [7, 11) is 0. The third-order valence-electron chi connectivity index (χ3n) is 4.17. The van der Waals surface area contributed by atoms with E-state index in [4.69, 9.17) is 0 Å². The van der Waals surface area contributed by atoms with E-state index in [0.717, 1.165) is 26.2 Å². The van der Waals surface area contributed by atoms with E-state index < -0.39 is 0 Å². The van der Waals surface area contributed by atoms with Gasteiger partial charge in [-0.05, 0) is 44.4 Å². The Morgan fingerprint density at radius 1 is 1.35 bits per heavy atom. The van der Waals surface area contributed by atoms with E-state index in [0.29, 0.717) is 11.3 Å². The smallest absolute Gasteiger partial charge is 0.235 e. The van der Waals surface area contributed by atoms with Gasteiger partial charge in [0.05, 0.1) is 5.25 Å². The van der Waals surface area contributed by atoms with E-state index >= 15 is 0 Å². The van der Waals surface area contributed by atoms with Gasteiger partial charge in [0.2, 0.25) is 5.91 Å². The van der Waals surface area contributed by atoms with Crippen molar-refractivity contribution in [2.45, 2.75) is 31.4 Å². The first kappa shape index (κ1) is 15.1. The van der Waals surface area contributed by atoms with Gasteiger partial charge in [-0.15, -0.1) is 12.4 Å². The van der Waals surface area contributed by atoms with Crippen LogP contribution in [-0.4, -0.2) is 48.5 Å². The van der Waals surface area contributed by atoms with Crippen LogP contribution in [0.2, 0.25) is 0 Å². The van der Waals surface area contributed by atoms with Crippen LogP contribution in [0.4, 0.5) is 0 Å². The summed E-state index contributed by atoms with van der Waals surface area (Å²) in [5.74, 6) is 0.327. The second-order valence-electron chi connectivity index (χ2n) is 5.13. The molecule has 17 heavy (non-hydrogen) atoms. The van der Waals surface area contributed by atoms with Crippen LogP contribution in [0.1, 0.15) is 26.2 Å². The van der Waals surface area contributed by atoms with E-state index in [1.165, 1.54) is 19.3 Å². The molecule has 2 rings (SSSR count). The first-order chi connectivity index (χ1) is 7.67. The fourth-order valence-electron chi connectivity index (χ4n) is 2.78. The lowest BCUT2D eigenvalue weighted by atomic mass is 9.78. The van der Waals surface area contributed by atoms with Crippen molar-refractivity contribution in [3.63, 3.8) is 0 Å². The number of hydrogen-bond acceptors (Lipinski definition) is 3. The Bertz CT molecular complexity index is 259. The van der Waals surface area contributed by atoms with Crippen LogP contribution in [0, 0.1) is 5.41 Å². The number of piperidine rings is 1. The van der Waals surface area contributed by atoms with Gasteiger partial charge in [0.15, 0.2) is 0 Å². The van der Waals surface area contributed by atoms with Crippen LogP contribution in [0.5, 0.6) is 0 Å². The number of hydrogen-bond donors (Lipinski definition) is 1. The summed E-state index contributed by atoms with van der Waals surface area (Å²) < 4.78 is 0. The lowest BCUT2D eigenvalue weighted by molar-refractivity contribution is -0.132. The molecule has 100 valence electrons. The molecule has 1 spiro atoms. The Labute approximate surface area is 114 Å². The highest BCUT2D eigenvalue weighted by Gasteiger charge is 2.38. The minimum absolute atomic E-state index is 0. The van der Waals surface area contributed by atoms with Gasteiger partial charge in [-0.1, -0.05) is 0 Å². The Hall–Kier alpha value is 0.0700. The summed E-state index contributed by atoms with van der Waals surface area (Å²) in [6.07, 6.45) is 5.68. The van der Waals surface area contributed by atoms with Crippen molar-refractivity contribution in [3.8, 4) is 0 Å². The van der Waals surface area contributed by atoms with Crippen LogP contribution < -0.4 is 5.32 Å². The van der Waals surface area contributed by atoms with Crippen molar-refractivity contribution in [1.82, 2.24) is 10.2 Å². The van der Waals surface area contributed by atoms with Crippen molar-refractivity contribution in [3.05, 3.63) is 0 Å². The van der Waals surface area contributed by atoms with Gasteiger partial charge in [-0.2, -0.15) is 11.8 Å². The van der Waals surface area contributed by atoms with Crippen LogP contribution in [0.15, 0.2) is 0 Å². The average Bonchev–Trinajstić information content (AvgIpc) is 2.77. The topological polar surface area (TPSA) is 32.3 Å². The molecule has 1 amide bonds. The van der Waals surface area contributed by atoms with Gasteiger partial charge >= 0.3 is 0 Å². The molecule has 1 atom stereocenters. The van der Waals surface area contributed by atoms with Crippen molar-refractivity contribution in [2.75, 3.05) is 32.4 Å². The number of nitrogens with zero attached hydrogens (tertiary/aromatic N) is 1. The summed E-state index contributed by atoms with van der Waals surface area (Å²) in [6.45, 7) is 6.26. The number of carbonyl (C=O) groups excluding carboxylic acids is 1. The zero-order valence-corrected chi connectivity index (χ0v) is 12.3. The summed E-state index contributed by atoms with van der Waals surface area (Å²) in [5.41, 5.74) is 0.513. The molecule has 0 aromatic rings. The molecule has 0 aromatic carbocycles. The maximum Gasteiger partial charge on any atom is 0.235 e. The number of halogens is 1. The molecule has 0 bridgehead atoms. The first-order valence-electron chi connectivity index (χ1n) is 6.19. The number of thioether (sulfide) groups is 1. The third-order valence-corrected chi connectivity index (χ3v) is 5.08. The van der Waals surface area contributed by atoms with Crippen molar-refractivity contribution in [2.24, 2.45) is 5.41 Å². The Kier molecular flexibility index (Phi) is 5.61. The molecule has 2 fully saturated rings. The Morgan fingerprint density at radius 3 is 2.47 bits per heavy atom. The molecule has 2 aliphatic heterocycles. The largest absolute Gasteiger partial charge is 0.342 e. The molecule has 2 saturated heterocycles. The molecule has 1 unspecified atom stereocenters. The van der Waals surface area contributed by atoms with Crippen LogP contribution >= 0.6 is 24.2 Å². The molecule has 1 N–H and O–H groups in total. The Morgan fingerprint density at radius 2 is 2.00 bits per heavy atom. The van der Waals surface area contributed by atoms with Gasteiger partial charge in [0.1, 0.15) is 0 Å². The second-order valence-corrected chi connectivity index (χ2v) is 6.31. The number of amides is 1. The van der Waals surface area contributed by atoms with E-state index in [1.54, 1.807) is 11.8 Å². The number of carbonyl (C=O) groups is 1. The van der Waals surface area contributed by atoms with Gasteiger partial charge in [0, 0.05) is 19.6 Å². The highest BCUT2D eigenvalue weighted by atomic mass is 35.5. The van der Waals surface area contributed by atoms with Crippen LogP contribution in [0.25, 0.3) is 0 Å². The zero-order chi connectivity index (χ0) is 11.6. The molecule has 2 aliphatic rings. The lowest BCUT2D eigenvalue weighted by Gasteiger charge is -2.39. The normalized spacial score (nSPS) is 24.5. The Balaban J connectivity index is 0.00000144. The zero-order valence-electron chi connectivity index (χ0n) is 10.7. The molecule has 5 heteroatoms. The minimum atomic E-state index is 0. The van der Waals surface area contributed by atoms with E-state index in [9.17, 15) is 4.79 Å². The van der Waals surface area contributed by atoms with Gasteiger partial charge in [-0.3, -0.25) is 4.79 Å². The highest BCUT2D eigenvalue weighted by molar-refractivity contribution is 7.99. The summed E-state index contributed by atoms with van der Waals surface area (Å²) in [6, 6.07) is 0. The van der Waals surface area contributed by atoms with Crippen LogP contribution in [0.3, 0.4) is 0 Å². The molecule has 0 saturated carbocycles. The molecular weight excluding hydrogens is 256 g/mol. The first-order valence-corrected chi connectivity index (χ1v) is 7.48. The van der Waals surface area contributed by atoms with Crippen molar-refractivity contribution >= 4 is 30.1 Å². The van der Waals surface area contributed by atoms with Crippen molar-refractivity contribution in [1.29, 1.82) is 0 Å². The highest BCUT2D eigenvalue weighted by Crippen LogP contribution is 2.37. The van der Waals surface area contributed by atoms with Gasteiger partial charge in [-0.25, -0.2) is 0 Å². The monoisotopic (exact) mass is 278 g/mol. The van der Waals surface area contributed by atoms with Gasteiger partial charge in [0.25, 0.3) is 0 Å². The predicted octanol–water partition coefficient (Wildman–Crippen LogP) is 1.76. The van der Waals surface area contributed by atoms with E-state index in [2.05, 4.69) is 10.2 Å². The minimum Gasteiger partial charge on any atom is -0.342 e.